The van der Waals surface area contributed by atoms with Crippen LogP contribution >= 0.6 is 0 Å². The van der Waals surface area contributed by atoms with Gasteiger partial charge in [0, 0.05) is 6.04 Å². The molecule has 2 nitrogen and oxygen atoms in total. The molecule has 1 aromatic rings. The van der Waals surface area contributed by atoms with Crippen LogP contribution in [-0.4, -0.2) is 11.9 Å². The van der Waals surface area contributed by atoms with Gasteiger partial charge in [-0.25, -0.2) is 4.39 Å². The van der Waals surface area contributed by atoms with Gasteiger partial charge in [-0.15, -0.1) is 0 Å². The molecule has 3 rings (SSSR count). The van der Waals surface area contributed by atoms with Crippen molar-refractivity contribution < 1.29 is 9.18 Å². The lowest BCUT2D eigenvalue weighted by molar-refractivity contribution is 0.0919. The van der Waals surface area contributed by atoms with Gasteiger partial charge in [0.25, 0.3) is 5.91 Å². The highest BCUT2D eigenvalue weighted by Gasteiger charge is 2.40. The first-order chi connectivity index (χ1) is 8.24. The van der Waals surface area contributed by atoms with Crippen molar-refractivity contribution in [3.8, 4) is 0 Å². The summed E-state index contributed by atoms with van der Waals surface area (Å²) in [5.41, 5.74) is 0.162. The fraction of sp³-hybridized carbons (Fsp3) is 0.500. The molecule has 0 unspecified atom stereocenters. The van der Waals surface area contributed by atoms with E-state index >= 15 is 0 Å². The highest BCUT2D eigenvalue weighted by atomic mass is 19.1. The molecule has 2 fully saturated rings. The largest absolute Gasteiger partial charge is 0.349 e. The molecule has 0 aliphatic heterocycles. The van der Waals surface area contributed by atoms with Crippen LogP contribution in [0.15, 0.2) is 24.3 Å². The number of hydrogen-bond acceptors (Lipinski definition) is 1. The van der Waals surface area contributed by atoms with Crippen molar-refractivity contribution in [2.24, 2.45) is 11.8 Å². The zero-order valence-electron chi connectivity index (χ0n) is 9.66. The molecule has 0 radical (unpaired) electrons. The maximum absolute atomic E-state index is 13.4. The molecular weight excluding hydrogens is 217 g/mol. The van der Waals surface area contributed by atoms with Crippen molar-refractivity contribution in [1.82, 2.24) is 5.32 Å². The Morgan fingerprint density at radius 3 is 2.71 bits per heavy atom. The van der Waals surface area contributed by atoms with Gasteiger partial charge in [0.15, 0.2) is 0 Å². The third kappa shape index (κ3) is 1.94. The zero-order chi connectivity index (χ0) is 11.8. The number of rotatable bonds is 2. The first-order valence-corrected chi connectivity index (χ1v) is 6.29. The fourth-order valence-corrected chi connectivity index (χ4v) is 3.31. The molecule has 0 aromatic heterocycles. The molecule has 90 valence electrons. The smallest absolute Gasteiger partial charge is 0.254 e. The molecule has 3 heteroatoms. The average molecular weight is 233 g/mol. The van der Waals surface area contributed by atoms with Crippen molar-refractivity contribution in [3.05, 3.63) is 35.6 Å². The normalized spacial score (nSPS) is 30.5. The summed E-state index contributed by atoms with van der Waals surface area (Å²) in [4.78, 5) is 11.9. The Morgan fingerprint density at radius 1 is 1.24 bits per heavy atom. The number of carbonyl (C=O) groups is 1. The number of nitrogens with one attached hydrogen (secondary N) is 1. The molecular formula is C14H16FNO. The molecule has 1 N–H and O–H groups in total. The van der Waals surface area contributed by atoms with Crippen LogP contribution in [0.3, 0.4) is 0 Å². The predicted octanol–water partition coefficient (Wildman–Crippen LogP) is 2.74. The minimum atomic E-state index is -0.437. The third-order valence-electron chi connectivity index (χ3n) is 4.17. The maximum Gasteiger partial charge on any atom is 0.254 e. The minimum Gasteiger partial charge on any atom is -0.349 e. The third-order valence-corrected chi connectivity index (χ3v) is 4.17. The SMILES string of the molecule is O=C(N[C@@H]1C[C@H]2CC[C@H]1C2)c1ccccc1F. The molecule has 2 aliphatic rings. The lowest BCUT2D eigenvalue weighted by Crippen LogP contribution is -2.38. The second-order valence-electron chi connectivity index (χ2n) is 5.23. The van der Waals surface area contributed by atoms with Gasteiger partial charge in [-0.05, 0) is 43.2 Å². The number of hydrogen-bond donors (Lipinski definition) is 1. The molecule has 3 atom stereocenters. The summed E-state index contributed by atoms with van der Waals surface area (Å²) in [7, 11) is 0. The van der Waals surface area contributed by atoms with E-state index in [1.54, 1.807) is 12.1 Å². The summed E-state index contributed by atoms with van der Waals surface area (Å²) < 4.78 is 13.4. The Hall–Kier alpha value is -1.38. The topological polar surface area (TPSA) is 29.1 Å². The molecule has 2 bridgehead atoms. The molecule has 2 aliphatic carbocycles. The van der Waals surface area contributed by atoms with Crippen LogP contribution in [0.4, 0.5) is 4.39 Å². The highest BCUT2D eigenvalue weighted by Crippen LogP contribution is 2.44. The van der Waals surface area contributed by atoms with Gasteiger partial charge in [-0.3, -0.25) is 4.79 Å². The van der Waals surface area contributed by atoms with Crippen molar-refractivity contribution >= 4 is 5.91 Å². The summed E-state index contributed by atoms with van der Waals surface area (Å²) >= 11 is 0. The Morgan fingerprint density at radius 2 is 2.06 bits per heavy atom. The van der Waals surface area contributed by atoms with Crippen LogP contribution in [0.25, 0.3) is 0 Å². The molecule has 0 heterocycles. The second kappa shape index (κ2) is 4.13. The molecule has 0 saturated heterocycles. The minimum absolute atomic E-state index is 0.162. The molecule has 1 amide bonds. The van der Waals surface area contributed by atoms with Gasteiger partial charge < -0.3 is 5.32 Å². The van der Waals surface area contributed by atoms with E-state index in [-0.39, 0.29) is 17.5 Å². The highest BCUT2D eigenvalue weighted by molar-refractivity contribution is 5.94. The Labute approximate surface area is 100 Å². The van der Waals surface area contributed by atoms with Gasteiger partial charge in [0.1, 0.15) is 5.82 Å². The first kappa shape index (κ1) is 10.8. The van der Waals surface area contributed by atoms with Crippen LogP contribution in [0.5, 0.6) is 0 Å². The van der Waals surface area contributed by atoms with E-state index in [9.17, 15) is 9.18 Å². The van der Waals surface area contributed by atoms with E-state index in [4.69, 9.17) is 0 Å². The Kier molecular flexibility index (Phi) is 2.61. The van der Waals surface area contributed by atoms with Crippen molar-refractivity contribution in [2.45, 2.75) is 31.7 Å². The van der Waals surface area contributed by atoms with Gasteiger partial charge in [0.2, 0.25) is 0 Å². The summed E-state index contributed by atoms with van der Waals surface area (Å²) in [5, 5.41) is 2.99. The van der Waals surface area contributed by atoms with Crippen LogP contribution in [0.2, 0.25) is 0 Å². The van der Waals surface area contributed by atoms with Crippen LogP contribution in [0, 0.1) is 17.7 Å². The number of carbonyl (C=O) groups excluding carboxylic acids is 1. The second-order valence-corrected chi connectivity index (χ2v) is 5.23. The van der Waals surface area contributed by atoms with Crippen molar-refractivity contribution in [3.63, 3.8) is 0 Å². The average Bonchev–Trinajstić information content (AvgIpc) is 2.91. The number of benzene rings is 1. The van der Waals surface area contributed by atoms with Gasteiger partial charge >= 0.3 is 0 Å². The van der Waals surface area contributed by atoms with Crippen molar-refractivity contribution in [2.75, 3.05) is 0 Å². The quantitative estimate of drug-likeness (QED) is 0.836. The van der Waals surface area contributed by atoms with Crippen LogP contribution in [-0.2, 0) is 0 Å². The Bertz CT molecular complexity index is 446. The van der Waals surface area contributed by atoms with Crippen LogP contribution < -0.4 is 5.32 Å². The number of amides is 1. The van der Waals surface area contributed by atoms with E-state index in [0.29, 0.717) is 5.92 Å². The zero-order valence-corrected chi connectivity index (χ0v) is 9.66. The molecule has 1 aromatic carbocycles. The lowest BCUT2D eigenvalue weighted by Gasteiger charge is -2.22. The first-order valence-electron chi connectivity index (χ1n) is 6.29. The summed E-state index contributed by atoms with van der Waals surface area (Å²) in [6.45, 7) is 0. The van der Waals surface area contributed by atoms with Gasteiger partial charge in [-0.2, -0.15) is 0 Å². The van der Waals surface area contributed by atoms with E-state index in [1.807, 2.05) is 0 Å². The van der Waals surface area contributed by atoms with E-state index < -0.39 is 5.82 Å². The summed E-state index contributed by atoms with van der Waals surface area (Å²) in [6.07, 6.45) is 4.83. The molecule has 2 saturated carbocycles. The van der Waals surface area contributed by atoms with Gasteiger partial charge in [0.05, 0.1) is 5.56 Å². The van der Waals surface area contributed by atoms with Gasteiger partial charge in [-0.1, -0.05) is 18.6 Å². The van der Waals surface area contributed by atoms with E-state index in [0.717, 1.165) is 12.3 Å². The number of halogens is 1. The molecule has 17 heavy (non-hydrogen) atoms. The number of fused-ring (bicyclic) bond motifs is 2. The monoisotopic (exact) mass is 233 g/mol. The summed E-state index contributed by atoms with van der Waals surface area (Å²) in [6, 6.07) is 6.43. The van der Waals surface area contributed by atoms with E-state index in [2.05, 4.69) is 5.32 Å². The Balaban J connectivity index is 1.70. The maximum atomic E-state index is 13.4. The summed E-state index contributed by atoms with van der Waals surface area (Å²) in [5.74, 6) is 0.704. The molecule has 0 spiro atoms. The van der Waals surface area contributed by atoms with E-state index in [1.165, 1.54) is 31.4 Å². The van der Waals surface area contributed by atoms with Crippen LogP contribution in [0.1, 0.15) is 36.0 Å². The predicted molar refractivity (Wildman–Crippen MR) is 63.1 cm³/mol. The standard InChI is InChI=1S/C14H16FNO/c15-12-4-2-1-3-11(12)14(17)16-13-8-9-5-6-10(13)7-9/h1-4,9-10,13H,5-8H2,(H,16,17)/t9-,10-,13+/m0/s1. The van der Waals surface area contributed by atoms with Crippen molar-refractivity contribution in [1.29, 1.82) is 0 Å². The fourth-order valence-electron chi connectivity index (χ4n) is 3.31. The lowest BCUT2D eigenvalue weighted by atomic mass is 9.95.